The van der Waals surface area contributed by atoms with Crippen LogP contribution in [0.25, 0.3) is 0 Å². The van der Waals surface area contributed by atoms with E-state index in [0.29, 0.717) is 19.4 Å². The highest BCUT2D eigenvalue weighted by atomic mass is 32.2. The van der Waals surface area contributed by atoms with E-state index in [1.165, 1.54) is 0 Å². The van der Waals surface area contributed by atoms with Gasteiger partial charge in [-0.3, -0.25) is 4.55 Å². The minimum atomic E-state index is -3.92. The van der Waals surface area contributed by atoms with Gasteiger partial charge in [0, 0.05) is 6.42 Å². The van der Waals surface area contributed by atoms with E-state index < -0.39 is 21.8 Å². The lowest BCUT2D eigenvalue weighted by atomic mass is 9.92. The minimum Gasteiger partial charge on any atom is -0.391 e. The Bertz CT molecular complexity index is 558. The largest absolute Gasteiger partial charge is 0.391 e. The van der Waals surface area contributed by atoms with Crippen molar-refractivity contribution in [2.24, 2.45) is 0 Å². The van der Waals surface area contributed by atoms with Crippen LogP contribution in [-0.2, 0) is 22.1 Å². The number of aliphatic hydroxyl groups excluding tert-OH is 1. The molecule has 3 N–H and O–H groups in total. The normalized spacial score (nSPS) is 26.4. The maximum Gasteiger partial charge on any atom is 0.264 e. The first-order valence-electron chi connectivity index (χ1n) is 6.29. The molecule has 2 atom stereocenters. The van der Waals surface area contributed by atoms with Gasteiger partial charge >= 0.3 is 0 Å². The summed E-state index contributed by atoms with van der Waals surface area (Å²) in [6.07, 6.45) is 0.372. The highest BCUT2D eigenvalue weighted by Gasteiger charge is 2.41. The van der Waals surface area contributed by atoms with Crippen LogP contribution in [0, 0.1) is 0 Å². The van der Waals surface area contributed by atoms with Crippen LogP contribution in [0.2, 0.25) is 0 Å². The molecular formula is C13H19NO4S. The predicted molar refractivity (Wildman–Crippen MR) is 72.5 cm³/mol. The van der Waals surface area contributed by atoms with Gasteiger partial charge in [0.1, 0.15) is 0 Å². The third kappa shape index (κ3) is 3.14. The van der Waals surface area contributed by atoms with Gasteiger partial charge in [-0.15, -0.1) is 0 Å². The molecule has 1 unspecified atom stereocenters. The molecule has 1 aromatic carbocycles. The van der Waals surface area contributed by atoms with Crippen LogP contribution < -0.4 is 5.32 Å². The molecule has 5 nitrogen and oxygen atoms in total. The molecule has 1 aromatic rings. The molecule has 1 aliphatic carbocycles. The van der Waals surface area contributed by atoms with E-state index in [0.717, 1.165) is 11.1 Å². The Balaban J connectivity index is 2.03. The first kappa shape index (κ1) is 14.5. The number of hydrogen-bond donors (Lipinski definition) is 3. The Kier molecular flexibility index (Phi) is 3.96. The number of rotatable bonds is 5. The lowest BCUT2D eigenvalue weighted by molar-refractivity contribution is 0.0841. The van der Waals surface area contributed by atoms with Gasteiger partial charge in [-0.25, -0.2) is 0 Å². The van der Waals surface area contributed by atoms with Gasteiger partial charge in [-0.1, -0.05) is 24.3 Å². The Hall–Kier alpha value is -0.950. The molecule has 106 valence electrons. The molecule has 19 heavy (non-hydrogen) atoms. The third-order valence-corrected chi connectivity index (χ3v) is 4.53. The van der Waals surface area contributed by atoms with Crippen LogP contribution in [-0.4, -0.2) is 36.5 Å². The smallest absolute Gasteiger partial charge is 0.264 e. The molecule has 2 rings (SSSR count). The maximum absolute atomic E-state index is 10.6. The van der Waals surface area contributed by atoms with E-state index in [1.54, 1.807) is 0 Å². The zero-order chi connectivity index (χ0) is 14.1. The number of benzene rings is 1. The molecule has 1 aliphatic rings. The fourth-order valence-corrected chi connectivity index (χ4v) is 3.12. The lowest BCUT2D eigenvalue weighted by Gasteiger charge is -2.31. The predicted octanol–water partition coefficient (Wildman–Crippen LogP) is 0.686. The van der Waals surface area contributed by atoms with E-state index in [2.05, 4.69) is 5.32 Å². The quantitative estimate of drug-likeness (QED) is 0.547. The van der Waals surface area contributed by atoms with Crippen molar-refractivity contribution in [2.75, 3.05) is 12.3 Å². The summed E-state index contributed by atoms with van der Waals surface area (Å²) in [4.78, 5) is 0. The van der Waals surface area contributed by atoms with E-state index >= 15 is 0 Å². The number of aliphatic hydroxyl groups is 1. The van der Waals surface area contributed by atoms with E-state index in [9.17, 15) is 13.5 Å². The van der Waals surface area contributed by atoms with Crippen molar-refractivity contribution in [1.82, 2.24) is 5.32 Å². The fourth-order valence-electron chi connectivity index (χ4n) is 2.61. The standard InChI is InChI=1S/C13H19NO4S/c1-13(14-7-4-8-19(16,17)18)11-6-3-2-5-10(11)9-12(13)15/h2-3,5-6,12,14-15H,4,7-9H2,1H3,(H,16,17,18)/t12-,13?/m0/s1. The summed E-state index contributed by atoms with van der Waals surface area (Å²) in [6.45, 7) is 2.33. The second-order valence-corrected chi connectivity index (χ2v) is 6.72. The summed E-state index contributed by atoms with van der Waals surface area (Å²) in [7, 11) is -3.92. The zero-order valence-electron chi connectivity index (χ0n) is 10.8. The van der Waals surface area contributed by atoms with Crippen molar-refractivity contribution in [3.8, 4) is 0 Å². The Morgan fingerprint density at radius 2 is 2.11 bits per heavy atom. The van der Waals surface area contributed by atoms with Gasteiger partial charge < -0.3 is 10.4 Å². The maximum atomic E-state index is 10.6. The van der Waals surface area contributed by atoms with Crippen molar-refractivity contribution in [3.63, 3.8) is 0 Å². The number of fused-ring (bicyclic) bond motifs is 1. The average Bonchev–Trinajstić information content (AvgIpc) is 2.57. The van der Waals surface area contributed by atoms with Gasteiger partial charge in [-0.05, 0) is 31.0 Å². The van der Waals surface area contributed by atoms with Gasteiger partial charge in [0.15, 0.2) is 0 Å². The van der Waals surface area contributed by atoms with Crippen molar-refractivity contribution < 1.29 is 18.1 Å². The number of hydrogen-bond acceptors (Lipinski definition) is 4. The number of nitrogens with one attached hydrogen (secondary N) is 1. The highest BCUT2D eigenvalue weighted by Crippen LogP contribution is 2.36. The molecular weight excluding hydrogens is 266 g/mol. The van der Waals surface area contributed by atoms with E-state index in [1.807, 2.05) is 31.2 Å². The second kappa shape index (κ2) is 5.20. The van der Waals surface area contributed by atoms with Gasteiger partial charge in [0.05, 0.1) is 17.4 Å². The summed E-state index contributed by atoms with van der Waals surface area (Å²) < 4.78 is 30.0. The molecule has 0 radical (unpaired) electrons. The molecule has 0 bridgehead atoms. The van der Waals surface area contributed by atoms with Crippen molar-refractivity contribution in [3.05, 3.63) is 35.4 Å². The Morgan fingerprint density at radius 3 is 2.79 bits per heavy atom. The average molecular weight is 285 g/mol. The Labute approximate surface area is 113 Å². The summed E-state index contributed by atoms with van der Waals surface area (Å²) in [5, 5.41) is 13.4. The molecule has 0 aliphatic heterocycles. The molecule has 0 aromatic heterocycles. The lowest BCUT2D eigenvalue weighted by Crippen LogP contribution is -2.47. The van der Waals surface area contributed by atoms with Crippen molar-refractivity contribution in [1.29, 1.82) is 0 Å². The molecule has 0 saturated heterocycles. The van der Waals surface area contributed by atoms with Crippen molar-refractivity contribution in [2.45, 2.75) is 31.4 Å². The van der Waals surface area contributed by atoms with Crippen LogP contribution in [0.15, 0.2) is 24.3 Å². The summed E-state index contributed by atoms with van der Waals surface area (Å²) >= 11 is 0. The topological polar surface area (TPSA) is 86.6 Å². The molecule has 0 heterocycles. The fraction of sp³-hybridized carbons (Fsp3) is 0.538. The molecule has 6 heteroatoms. The van der Waals surface area contributed by atoms with Crippen LogP contribution in [0.5, 0.6) is 0 Å². The third-order valence-electron chi connectivity index (χ3n) is 3.73. The molecule has 0 spiro atoms. The summed E-state index contributed by atoms with van der Waals surface area (Å²) in [5.41, 5.74) is 1.60. The van der Waals surface area contributed by atoms with Crippen molar-refractivity contribution >= 4 is 10.1 Å². The summed E-state index contributed by atoms with van der Waals surface area (Å²) in [6, 6.07) is 7.83. The minimum absolute atomic E-state index is 0.270. The van der Waals surface area contributed by atoms with Crippen LogP contribution >= 0.6 is 0 Å². The highest BCUT2D eigenvalue weighted by molar-refractivity contribution is 7.85. The van der Waals surface area contributed by atoms with Gasteiger partial charge in [-0.2, -0.15) is 8.42 Å². The molecule has 0 fully saturated rings. The molecule has 0 saturated carbocycles. The molecule has 0 amide bonds. The van der Waals surface area contributed by atoms with E-state index in [4.69, 9.17) is 4.55 Å². The zero-order valence-corrected chi connectivity index (χ0v) is 11.7. The van der Waals surface area contributed by atoms with Crippen LogP contribution in [0.3, 0.4) is 0 Å². The van der Waals surface area contributed by atoms with E-state index in [-0.39, 0.29) is 5.75 Å². The second-order valence-electron chi connectivity index (χ2n) is 5.15. The van der Waals surface area contributed by atoms with Crippen LogP contribution in [0.1, 0.15) is 24.5 Å². The summed E-state index contributed by atoms with van der Waals surface area (Å²) in [5.74, 6) is -0.270. The first-order chi connectivity index (χ1) is 8.83. The van der Waals surface area contributed by atoms with Crippen LogP contribution in [0.4, 0.5) is 0 Å². The monoisotopic (exact) mass is 285 g/mol. The Morgan fingerprint density at radius 1 is 1.42 bits per heavy atom. The van der Waals surface area contributed by atoms with Gasteiger partial charge in [0.2, 0.25) is 0 Å². The SMILES string of the molecule is CC1(NCCCS(=O)(=O)O)c2ccccc2C[C@@H]1O. The first-order valence-corrected chi connectivity index (χ1v) is 7.90. The van der Waals surface area contributed by atoms with Gasteiger partial charge in [0.25, 0.3) is 10.1 Å².